The summed E-state index contributed by atoms with van der Waals surface area (Å²) >= 11 is 0. The highest BCUT2D eigenvalue weighted by Crippen LogP contribution is 2.28. The van der Waals surface area contributed by atoms with Crippen LogP contribution in [0.2, 0.25) is 0 Å². The molecule has 0 aliphatic rings. The maximum Gasteiger partial charge on any atom is 0.342 e. The smallest absolute Gasteiger partial charge is 0.342 e. The van der Waals surface area contributed by atoms with E-state index in [4.69, 9.17) is 18.9 Å². The molecular formula is C23H29NO6. The lowest BCUT2D eigenvalue weighted by molar-refractivity contribution is -0.124. The molecule has 0 atom stereocenters. The normalized spacial score (nSPS) is 10.2. The van der Waals surface area contributed by atoms with E-state index >= 15 is 0 Å². The van der Waals surface area contributed by atoms with Gasteiger partial charge in [-0.3, -0.25) is 4.79 Å². The van der Waals surface area contributed by atoms with E-state index in [0.717, 1.165) is 5.56 Å². The van der Waals surface area contributed by atoms with Gasteiger partial charge in [0.1, 0.15) is 11.3 Å². The van der Waals surface area contributed by atoms with Gasteiger partial charge in [-0.2, -0.15) is 0 Å². The first-order valence-corrected chi connectivity index (χ1v) is 10.1. The Balaban J connectivity index is 1.81. The number of carbonyl (C=O) groups is 2. The Morgan fingerprint density at radius 2 is 1.50 bits per heavy atom. The fourth-order valence-electron chi connectivity index (χ4n) is 2.77. The van der Waals surface area contributed by atoms with Crippen LogP contribution in [0.3, 0.4) is 0 Å². The molecule has 2 aromatic carbocycles. The number of rotatable bonds is 12. The lowest BCUT2D eigenvalue weighted by Gasteiger charge is -2.13. The van der Waals surface area contributed by atoms with E-state index in [9.17, 15) is 9.59 Å². The third-order valence-electron chi connectivity index (χ3n) is 4.08. The van der Waals surface area contributed by atoms with Crippen LogP contribution in [0.4, 0.5) is 0 Å². The largest absolute Gasteiger partial charge is 0.493 e. The van der Waals surface area contributed by atoms with Crippen LogP contribution in [0.25, 0.3) is 0 Å². The van der Waals surface area contributed by atoms with Crippen molar-refractivity contribution >= 4 is 11.9 Å². The van der Waals surface area contributed by atoms with Gasteiger partial charge in [0.2, 0.25) is 0 Å². The van der Waals surface area contributed by atoms with Crippen LogP contribution >= 0.6 is 0 Å². The number of ether oxygens (including phenoxy) is 4. The maximum absolute atomic E-state index is 12.2. The first-order chi connectivity index (χ1) is 14.6. The van der Waals surface area contributed by atoms with Crippen molar-refractivity contribution < 1.29 is 28.5 Å². The summed E-state index contributed by atoms with van der Waals surface area (Å²) in [5, 5.41) is 2.75. The standard InChI is InChI=1S/C23H29NO6/c1-4-27-19-10-8-7-9-18(19)23(26)30-16-22(25)24-14-13-17-11-12-20(28-5-2)21(15-17)29-6-3/h7-12,15H,4-6,13-14,16H2,1-3H3,(H,24,25). The van der Waals surface area contributed by atoms with Gasteiger partial charge in [0, 0.05) is 6.54 Å². The fraction of sp³-hybridized carbons (Fsp3) is 0.391. The summed E-state index contributed by atoms with van der Waals surface area (Å²) in [5.74, 6) is 0.859. The molecule has 0 bridgehead atoms. The molecule has 2 rings (SSSR count). The molecule has 0 spiro atoms. The van der Waals surface area contributed by atoms with Gasteiger partial charge >= 0.3 is 5.97 Å². The molecule has 162 valence electrons. The molecule has 1 amide bonds. The molecule has 30 heavy (non-hydrogen) atoms. The van der Waals surface area contributed by atoms with Crippen molar-refractivity contribution in [2.75, 3.05) is 33.0 Å². The van der Waals surface area contributed by atoms with Crippen LogP contribution in [-0.2, 0) is 16.0 Å². The Bertz CT molecular complexity index is 836. The van der Waals surface area contributed by atoms with E-state index in [-0.39, 0.29) is 12.5 Å². The summed E-state index contributed by atoms with van der Waals surface area (Å²) in [5.41, 5.74) is 1.30. The average Bonchev–Trinajstić information content (AvgIpc) is 2.75. The number of carbonyl (C=O) groups excluding carboxylic acids is 2. The number of hydrogen-bond acceptors (Lipinski definition) is 6. The summed E-state index contributed by atoms with van der Waals surface area (Å²) in [6.07, 6.45) is 0.610. The van der Waals surface area contributed by atoms with E-state index in [1.54, 1.807) is 24.3 Å². The molecular weight excluding hydrogens is 386 g/mol. The van der Waals surface area contributed by atoms with Crippen LogP contribution < -0.4 is 19.5 Å². The van der Waals surface area contributed by atoms with Gasteiger partial charge in [0.05, 0.1) is 19.8 Å². The second kappa shape index (κ2) is 12.4. The van der Waals surface area contributed by atoms with Crippen LogP contribution in [0.15, 0.2) is 42.5 Å². The molecule has 0 aliphatic carbocycles. The molecule has 2 aromatic rings. The quantitative estimate of drug-likeness (QED) is 0.535. The minimum Gasteiger partial charge on any atom is -0.493 e. The number of nitrogens with one attached hydrogen (secondary N) is 1. The van der Waals surface area contributed by atoms with Gasteiger partial charge in [-0.05, 0) is 57.0 Å². The maximum atomic E-state index is 12.2. The molecule has 0 unspecified atom stereocenters. The van der Waals surface area contributed by atoms with Crippen LogP contribution in [0.5, 0.6) is 17.2 Å². The van der Waals surface area contributed by atoms with Gasteiger partial charge in [0.15, 0.2) is 18.1 Å². The Labute approximate surface area is 177 Å². The number of hydrogen-bond donors (Lipinski definition) is 1. The van der Waals surface area contributed by atoms with Crippen LogP contribution in [0.1, 0.15) is 36.7 Å². The highest BCUT2D eigenvalue weighted by atomic mass is 16.5. The Morgan fingerprint density at radius 3 is 2.23 bits per heavy atom. The molecule has 0 aliphatic heterocycles. The highest BCUT2D eigenvalue weighted by Gasteiger charge is 2.15. The molecule has 0 saturated carbocycles. The number of esters is 1. The molecule has 7 nitrogen and oxygen atoms in total. The first kappa shape index (κ1) is 23.1. The van der Waals surface area contributed by atoms with Crippen molar-refractivity contribution in [3.8, 4) is 17.2 Å². The molecule has 0 saturated heterocycles. The zero-order valence-electron chi connectivity index (χ0n) is 17.7. The molecule has 7 heteroatoms. The fourth-order valence-corrected chi connectivity index (χ4v) is 2.77. The van der Waals surface area contributed by atoms with E-state index in [0.29, 0.717) is 55.6 Å². The second-order valence-corrected chi connectivity index (χ2v) is 6.25. The highest BCUT2D eigenvalue weighted by molar-refractivity contribution is 5.93. The number of amides is 1. The monoisotopic (exact) mass is 415 g/mol. The van der Waals surface area contributed by atoms with Crippen molar-refractivity contribution in [3.05, 3.63) is 53.6 Å². The van der Waals surface area contributed by atoms with E-state index in [1.165, 1.54) is 0 Å². The molecule has 1 N–H and O–H groups in total. The summed E-state index contributed by atoms with van der Waals surface area (Å²) in [6.45, 7) is 7.25. The summed E-state index contributed by atoms with van der Waals surface area (Å²) in [4.78, 5) is 24.2. The molecule has 0 aromatic heterocycles. The Hall–Kier alpha value is -3.22. The zero-order valence-corrected chi connectivity index (χ0v) is 17.7. The van der Waals surface area contributed by atoms with Gasteiger partial charge in [-0.15, -0.1) is 0 Å². The third-order valence-corrected chi connectivity index (χ3v) is 4.08. The predicted molar refractivity (Wildman–Crippen MR) is 113 cm³/mol. The Kier molecular flexibility index (Phi) is 9.51. The number of para-hydroxylation sites is 1. The van der Waals surface area contributed by atoms with Gasteiger partial charge < -0.3 is 24.3 Å². The predicted octanol–water partition coefficient (Wildman–Crippen LogP) is 3.40. The summed E-state index contributed by atoms with van der Waals surface area (Å²) in [7, 11) is 0. The Morgan fingerprint density at radius 1 is 0.833 bits per heavy atom. The second-order valence-electron chi connectivity index (χ2n) is 6.25. The topological polar surface area (TPSA) is 83.1 Å². The lowest BCUT2D eigenvalue weighted by atomic mass is 10.1. The van der Waals surface area contributed by atoms with Crippen molar-refractivity contribution in [1.82, 2.24) is 5.32 Å². The van der Waals surface area contributed by atoms with Gasteiger partial charge in [-0.25, -0.2) is 4.79 Å². The summed E-state index contributed by atoms with van der Waals surface area (Å²) in [6, 6.07) is 12.5. The third kappa shape index (κ3) is 6.99. The molecule has 0 heterocycles. The van der Waals surface area contributed by atoms with E-state index in [2.05, 4.69) is 5.32 Å². The molecule has 0 radical (unpaired) electrons. The van der Waals surface area contributed by atoms with Crippen LogP contribution in [-0.4, -0.2) is 44.8 Å². The van der Waals surface area contributed by atoms with E-state index in [1.807, 2.05) is 39.0 Å². The van der Waals surface area contributed by atoms with Gasteiger partial charge in [0.25, 0.3) is 5.91 Å². The van der Waals surface area contributed by atoms with Crippen molar-refractivity contribution in [1.29, 1.82) is 0 Å². The van der Waals surface area contributed by atoms with E-state index < -0.39 is 5.97 Å². The van der Waals surface area contributed by atoms with Crippen LogP contribution in [0, 0.1) is 0 Å². The van der Waals surface area contributed by atoms with Crippen molar-refractivity contribution in [3.63, 3.8) is 0 Å². The SMILES string of the molecule is CCOc1ccc(CCNC(=O)COC(=O)c2ccccc2OCC)cc1OCC. The first-order valence-electron chi connectivity index (χ1n) is 10.1. The van der Waals surface area contributed by atoms with Crippen molar-refractivity contribution in [2.24, 2.45) is 0 Å². The van der Waals surface area contributed by atoms with Gasteiger partial charge in [-0.1, -0.05) is 18.2 Å². The number of benzene rings is 2. The zero-order chi connectivity index (χ0) is 21.8. The summed E-state index contributed by atoms with van der Waals surface area (Å²) < 4.78 is 21.7. The minimum atomic E-state index is -0.595. The minimum absolute atomic E-state index is 0.296. The average molecular weight is 415 g/mol. The lowest BCUT2D eigenvalue weighted by Crippen LogP contribution is -2.30. The molecule has 0 fully saturated rings. The van der Waals surface area contributed by atoms with Crippen molar-refractivity contribution in [2.45, 2.75) is 27.2 Å².